The molecule has 1 unspecified atom stereocenters. The number of carboxylic acids is 1. The minimum absolute atomic E-state index is 0.319. The summed E-state index contributed by atoms with van der Waals surface area (Å²) in [5.74, 6) is -1.08. The molecule has 2 heterocycles. The van der Waals surface area contributed by atoms with Gasteiger partial charge in [-0.05, 0) is 39.3 Å². The van der Waals surface area contributed by atoms with Gasteiger partial charge in [0.25, 0.3) is 0 Å². The molecule has 0 saturated carbocycles. The van der Waals surface area contributed by atoms with Gasteiger partial charge in [0.15, 0.2) is 0 Å². The number of piperidine rings is 1. The third-order valence-corrected chi connectivity index (χ3v) is 4.11. The molecule has 0 spiro atoms. The van der Waals surface area contributed by atoms with Crippen LogP contribution in [0.2, 0.25) is 0 Å². The van der Waals surface area contributed by atoms with Crippen molar-refractivity contribution in [2.45, 2.75) is 45.1 Å². The van der Waals surface area contributed by atoms with Crippen LogP contribution >= 0.6 is 0 Å². The Bertz CT molecular complexity index is 555. The Labute approximate surface area is 142 Å². The molecule has 1 saturated heterocycles. The van der Waals surface area contributed by atoms with Crippen LogP contribution in [-0.4, -0.2) is 58.3 Å². The number of hydrogen-bond acceptors (Lipinski definition) is 6. The highest BCUT2D eigenvalue weighted by Crippen LogP contribution is 2.33. The fraction of sp³-hybridized carbons (Fsp3) is 0.647. The second-order valence-electron chi connectivity index (χ2n) is 7.01. The number of aromatic nitrogens is 1. The topological polar surface area (TPSA) is 92.1 Å². The number of nitrogens with zero attached hydrogens (tertiary/aromatic N) is 2. The van der Waals surface area contributed by atoms with E-state index in [0.29, 0.717) is 31.0 Å². The highest BCUT2D eigenvalue weighted by Gasteiger charge is 2.38. The molecule has 24 heavy (non-hydrogen) atoms. The Morgan fingerprint density at radius 2 is 2.12 bits per heavy atom. The first-order chi connectivity index (χ1) is 11.2. The van der Waals surface area contributed by atoms with Crippen LogP contribution in [0.1, 0.15) is 38.8 Å². The monoisotopic (exact) mass is 338 g/mol. The van der Waals surface area contributed by atoms with Gasteiger partial charge in [0, 0.05) is 24.7 Å². The average Bonchev–Trinajstić information content (AvgIpc) is 2.52. The smallest absolute Gasteiger partial charge is 0.307 e. The van der Waals surface area contributed by atoms with Crippen LogP contribution < -0.4 is 4.74 Å². The van der Waals surface area contributed by atoms with Crippen LogP contribution in [-0.2, 0) is 9.53 Å². The summed E-state index contributed by atoms with van der Waals surface area (Å²) in [6.45, 7) is 6.42. The number of methoxy groups -OCH3 is 1. The van der Waals surface area contributed by atoms with E-state index in [2.05, 4.69) is 4.98 Å². The zero-order valence-corrected chi connectivity index (χ0v) is 14.6. The van der Waals surface area contributed by atoms with E-state index in [1.807, 2.05) is 20.8 Å². The Hall–Kier alpha value is -1.70. The summed E-state index contributed by atoms with van der Waals surface area (Å²) in [4.78, 5) is 17.7. The van der Waals surface area contributed by atoms with E-state index in [1.165, 1.54) is 0 Å². The van der Waals surface area contributed by atoms with Crippen LogP contribution in [0.3, 0.4) is 0 Å². The largest absolute Gasteiger partial charge is 0.495 e. The van der Waals surface area contributed by atoms with Crippen molar-refractivity contribution in [2.24, 2.45) is 5.92 Å². The highest BCUT2D eigenvalue weighted by molar-refractivity contribution is 5.71. The summed E-state index contributed by atoms with van der Waals surface area (Å²) >= 11 is 0. The fourth-order valence-electron chi connectivity index (χ4n) is 2.90. The molecule has 0 amide bonds. The third kappa shape index (κ3) is 4.66. The molecule has 1 aliphatic rings. The Morgan fingerprint density at radius 1 is 1.42 bits per heavy atom. The predicted octanol–water partition coefficient (Wildman–Crippen LogP) is 1.67. The second-order valence-corrected chi connectivity index (χ2v) is 7.01. The fourth-order valence-corrected chi connectivity index (χ4v) is 2.90. The first-order valence-corrected chi connectivity index (χ1v) is 8.04. The maximum atomic E-state index is 11.6. The molecule has 0 bridgehead atoms. The van der Waals surface area contributed by atoms with E-state index in [1.54, 1.807) is 30.3 Å². The molecule has 3 atom stereocenters. The number of aliphatic carboxylic acids is 1. The molecule has 1 aromatic rings. The van der Waals surface area contributed by atoms with Gasteiger partial charge in [-0.25, -0.2) is 0 Å². The Kier molecular flexibility index (Phi) is 5.79. The van der Waals surface area contributed by atoms with Gasteiger partial charge in [-0.1, -0.05) is 0 Å². The number of rotatable bonds is 5. The highest BCUT2D eigenvalue weighted by atomic mass is 16.6. The molecule has 2 rings (SSSR count). The maximum absolute atomic E-state index is 11.6. The van der Waals surface area contributed by atoms with Gasteiger partial charge in [-0.3, -0.25) is 14.7 Å². The number of aliphatic hydroxyl groups excluding tert-OH is 1. The van der Waals surface area contributed by atoms with Crippen LogP contribution in [0.4, 0.5) is 0 Å². The number of carbonyl (C=O) groups is 1. The number of carboxylic acid groups (broad SMARTS) is 1. The number of aliphatic hydroxyl groups is 1. The summed E-state index contributed by atoms with van der Waals surface area (Å²) in [5.41, 5.74) is 0.188. The van der Waals surface area contributed by atoms with Crippen molar-refractivity contribution >= 4 is 5.97 Å². The summed E-state index contributed by atoms with van der Waals surface area (Å²) in [5, 5.41) is 19.8. The first-order valence-electron chi connectivity index (χ1n) is 8.04. The van der Waals surface area contributed by atoms with Crippen molar-refractivity contribution in [2.75, 3.05) is 20.2 Å². The lowest BCUT2D eigenvalue weighted by molar-refractivity contribution is -0.245. The van der Waals surface area contributed by atoms with Gasteiger partial charge in [-0.2, -0.15) is 0 Å². The molecule has 7 nitrogen and oxygen atoms in total. The van der Waals surface area contributed by atoms with Crippen molar-refractivity contribution in [3.63, 3.8) is 0 Å². The van der Waals surface area contributed by atoms with E-state index < -0.39 is 23.9 Å². The number of hydrogen-bond donors (Lipinski definition) is 2. The molecular formula is C17H26N2O5. The molecular weight excluding hydrogens is 312 g/mol. The minimum atomic E-state index is -1.07. The SMILES string of the molecule is COc1ccc([C@@H]2CN(C(O)OC(C)(C)C)CC[C@H]2C(=O)O)nc1. The van der Waals surface area contributed by atoms with Crippen LogP contribution in [0, 0.1) is 5.92 Å². The number of likely N-dealkylation sites (tertiary alicyclic amines) is 1. The molecule has 134 valence electrons. The summed E-state index contributed by atoms with van der Waals surface area (Å²) in [7, 11) is 1.55. The van der Waals surface area contributed by atoms with Gasteiger partial charge >= 0.3 is 5.97 Å². The van der Waals surface area contributed by atoms with E-state index in [4.69, 9.17) is 9.47 Å². The molecule has 1 aromatic heterocycles. The molecule has 0 aliphatic carbocycles. The minimum Gasteiger partial charge on any atom is -0.495 e. The number of ether oxygens (including phenoxy) is 2. The molecule has 0 radical (unpaired) electrons. The van der Waals surface area contributed by atoms with Crippen molar-refractivity contribution < 1.29 is 24.5 Å². The lowest BCUT2D eigenvalue weighted by Gasteiger charge is -2.40. The van der Waals surface area contributed by atoms with E-state index in [-0.39, 0.29) is 5.92 Å². The first kappa shape index (κ1) is 18.6. The summed E-state index contributed by atoms with van der Waals surface area (Å²) in [6, 6.07) is 3.54. The van der Waals surface area contributed by atoms with Crippen LogP contribution in [0.15, 0.2) is 18.3 Å². The zero-order chi connectivity index (χ0) is 17.9. The maximum Gasteiger partial charge on any atom is 0.307 e. The zero-order valence-electron chi connectivity index (χ0n) is 14.6. The van der Waals surface area contributed by atoms with E-state index in [9.17, 15) is 15.0 Å². The van der Waals surface area contributed by atoms with E-state index in [0.717, 1.165) is 0 Å². The summed E-state index contributed by atoms with van der Waals surface area (Å²) < 4.78 is 10.7. The van der Waals surface area contributed by atoms with Crippen molar-refractivity contribution in [3.8, 4) is 5.75 Å². The third-order valence-electron chi connectivity index (χ3n) is 4.11. The van der Waals surface area contributed by atoms with Crippen molar-refractivity contribution in [1.29, 1.82) is 0 Å². The molecule has 1 fully saturated rings. The Morgan fingerprint density at radius 3 is 2.62 bits per heavy atom. The second kappa shape index (κ2) is 7.46. The molecule has 1 aliphatic heterocycles. The van der Waals surface area contributed by atoms with Gasteiger partial charge < -0.3 is 19.7 Å². The van der Waals surface area contributed by atoms with Crippen LogP contribution in [0.5, 0.6) is 5.75 Å². The van der Waals surface area contributed by atoms with E-state index >= 15 is 0 Å². The predicted molar refractivity (Wildman–Crippen MR) is 87.7 cm³/mol. The van der Waals surface area contributed by atoms with Crippen LogP contribution in [0.25, 0.3) is 0 Å². The lowest BCUT2D eigenvalue weighted by Crippen LogP contribution is -2.49. The molecule has 7 heteroatoms. The van der Waals surface area contributed by atoms with Gasteiger partial charge in [0.2, 0.25) is 6.41 Å². The van der Waals surface area contributed by atoms with Gasteiger partial charge in [-0.15, -0.1) is 0 Å². The Balaban J connectivity index is 2.18. The van der Waals surface area contributed by atoms with Crippen molar-refractivity contribution in [1.82, 2.24) is 9.88 Å². The average molecular weight is 338 g/mol. The normalized spacial score (nSPS) is 23.7. The molecule has 2 N–H and O–H groups in total. The molecule has 0 aromatic carbocycles. The lowest BCUT2D eigenvalue weighted by atomic mass is 9.83. The van der Waals surface area contributed by atoms with Gasteiger partial charge in [0.1, 0.15) is 5.75 Å². The van der Waals surface area contributed by atoms with Crippen molar-refractivity contribution in [3.05, 3.63) is 24.0 Å². The summed E-state index contributed by atoms with van der Waals surface area (Å²) in [6.07, 6.45) is 0.938. The standard InChI is InChI=1S/C17H26N2O5/c1-17(2,3)24-16(22)19-8-7-12(15(20)21)13(10-19)14-6-5-11(23-4)9-18-14/h5-6,9,12-13,16,22H,7-8,10H2,1-4H3,(H,20,21)/t12-,13-,16?/m1/s1. The quantitative estimate of drug-likeness (QED) is 0.789. The van der Waals surface area contributed by atoms with Gasteiger partial charge in [0.05, 0.1) is 24.8 Å². The number of pyridine rings is 1.